The van der Waals surface area contributed by atoms with Crippen LogP contribution in [0.3, 0.4) is 0 Å². The van der Waals surface area contributed by atoms with Gasteiger partial charge in [-0.3, -0.25) is 4.68 Å². The molecule has 0 aliphatic carbocycles. The number of aryl methyl sites for hydroxylation is 3. The summed E-state index contributed by atoms with van der Waals surface area (Å²) >= 11 is 1.59. The monoisotopic (exact) mass is 729 g/mol. The van der Waals surface area contributed by atoms with Gasteiger partial charge in [0.25, 0.3) is 0 Å². The summed E-state index contributed by atoms with van der Waals surface area (Å²) < 4.78 is 22.3. The van der Waals surface area contributed by atoms with E-state index < -0.39 is 17.7 Å². The Labute approximate surface area is 314 Å². The summed E-state index contributed by atoms with van der Waals surface area (Å²) in [4.78, 5) is 18.3. The molecule has 0 amide bonds. The highest BCUT2D eigenvalue weighted by Gasteiger charge is 2.33. The molecule has 53 heavy (non-hydrogen) atoms. The van der Waals surface area contributed by atoms with Gasteiger partial charge in [-0.1, -0.05) is 30.7 Å². The normalized spacial score (nSPS) is 18.1. The quantitative estimate of drug-likeness (QED) is 0.194. The predicted molar refractivity (Wildman–Crippen MR) is 212 cm³/mol. The van der Waals surface area contributed by atoms with Crippen molar-refractivity contribution in [1.82, 2.24) is 14.8 Å². The Balaban J connectivity index is 1.38. The van der Waals surface area contributed by atoms with Crippen LogP contribution in [0.15, 0.2) is 60.7 Å². The zero-order valence-corrected chi connectivity index (χ0v) is 32.4. The molecule has 0 saturated heterocycles. The van der Waals surface area contributed by atoms with Gasteiger partial charge in [0.15, 0.2) is 6.10 Å². The molecule has 0 fully saturated rings. The summed E-state index contributed by atoms with van der Waals surface area (Å²) in [6.07, 6.45) is 3.85. The van der Waals surface area contributed by atoms with Crippen LogP contribution in [-0.4, -0.2) is 44.2 Å². The van der Waals surface area contributed by atoms with E-state index in [-0.39, 0.29) is 6.10 Å². The van der Waals surface area contributed by atoms with Gasteiger partial charge in [-0.15, -0.1) is 11.3 Å². The molecule has 0 spiro atoms. The second-order valence-electron chi connectivity index (χ2n) is 15.7. The minimum atomic E-state index is -1.17. The molecule has 2 aliphatic heterocycles. The molecule has 4 heterocycles. The van der Waals surface area contributed by atoms with Crippen LogP contribution in [-0.2, 0) is 16.6 Å². The Kier molecular flexibility index (Phi) is 9.06. The number of hydrogen-bond acceptors (Lipinski definition) is 7. The summed E-state index contributed by atoms with van der Waals surface area (Å²) in [5.74, 6) is 1.09. The molecule has 2 aliphatic rings. The molecule has 3 atom stereocenters. The lowest BCUT2D eigenvalue weighted by Crippen LogP contribution is -2.28. The number of carboxylic acids is 1. The first-order valence-corrected chi connectivity index (χ1v) is 19.5. The van der Waals surface area contributed by atoms with Gasteiger partial charge in [-0.2, -0.15) is 5.10 Å². The molecule has 6 aromatic rings. The molecular formula is C44H47N3O5S. The maximum atomic E-state index is 13.1. The van der Waals surface area contributed by atoms with Gasteiger partial charge in [0, 0.05) is 29.3 Å². The molecule has 8 rings (SSSR count). The Morgan fingerprint density at radius 1 is 1.00 bits per heavy atom. The smallest absolute Gasteiger partial charge is 0.337 e. The topological polar surface area (TPSA) is 95.7 Å². The fraction of sp³-hybridized carbons (Fsp3) is 0.386. The average Bonchev–Trinajstić information content (AvgIpc) is 3.67. The van der Waals surface area contributed by atoms with Crippen LogP contribution in [0.4, 0.5) is 0 Å². The molecule has 6 bridgehead atoms. The third kappa shape index (κ3) is 6.59. The minimum absolute atomic E-state index is 0.0124. The molecule has 8 nitrogen and oxygen atoms in total. The number of fused-ring (bicyclic) bond motifs is 10. The van der Waals surface area contributed by atoms with E-state index in [1.54, 1.807) is 11.3 Å². The van der Waals surface area contributed by atoms with Crippen molar-refractivity contribution in [3.8, 4) is 44.3 Å². The fourth-order valence-corrected chi connectivity index (χ4v) is 9.36. The summed E-state index contributed by atoms with van der Waals surface area (Å²) in [6.45, 7) is 12.6. The summed E-state index contributed by atoms with van der Waals surface area (Å²) in [6, 6.07) is 21.2. The summed E-state index contributed by atoms with van der Waals surface area (Å²) in [5, 5.41) is 17.4. The van der Waals surface area contributed by atoms with Crippen LogP contribution in [0.2, 0.25) is 0 Å². The van der Waals surface area contributed by atoms with Crippen molar-refractivity contribution in [2.45, 2.75) is 97.4 Å². The third-order valence-electron chi connectivity index (χ3n) is 10.6. The predicted octanol–water partition coefficient (Wildman–Crippen LogP) is 10.9. The molecular weight excluding hydrogens is 683 g/mol. The lowest BCUT2D eigenvalue weighted by atomic mass is 9.85. The minimum Gasteiger partial charge on any atom is -0.493 e. The number of carboxylic acid groups (broad SMARTS) is 1. The number of nitrogens with zero attached hydrogens (tertiary/aromatic N) is 3. The fourth-order valence-electron chi connectivity index (χ4n) is 8.24. The molecule has 0 saturated carbocycles. The van der Waals surface area contributed by atoms with Crippen LogP contribution in [0.25, 0.3) is 53.9 Å². The Morgan fingerprint density at radius 2 is 1.79 bits per heavy atom. The van der Waals surface area contributed by atoms with Gasteiger partial charge < -0.3 is 19.3 Å². The van der Waals surface area contributed by atoms with Gasteiger partial charge >= 0.3 is 5.97 Å². The van der Waals surface area contributed by atoms with E-state index in [0.29, 0.717) is 18.1 Å². The highest BCUT2D eigenvalue weighted by molar-refractivity contribution is 7.22. The number of carbonyl (C=O) groups is 1. The third-order valence-corrected chi connectivity index (χ3v) is 11.8. The van der Waals surface area contributed by atoms with Crippen LogP contribution in [0.5, 0.6) is 11.5 Å². The number of rotatable bonds is 3. The van der Waals surface area contributed by atoms with E-state index in [2.05, 4.69) is 68.4 Å². The maximum Gasteiger partial charge on any atom is 0.337 e. The highest BCUT2D eigenvalue weighted by atomic mass is 32.1. The van der Waals surface area contributed by atoms with Crippen molar-refractivity contribution in [1.29, 1.82) is 0 Å². The Bertz CT molecular complexity index is 2380. The SMILES string of the molecule is Cc1cc2nc3sc2c(c1C(OC(C)(C)C)C(=O)O)-c1ccc2c(c1)C(CCCC[C@H](C)Oc1c(ccc4c1c(C)nn4C)-c1cccc-3c1)CCO2. The molecule has 2 aromatic heterocycles. The van der Waals surface area contributed by atoms with Crippen molar-refractivity contribution in [2.75, 3.05) is 6.61 Å². The number of benzene rings is 4. The van der Waals surface area contributed by atoms with Gasteiger partial charge in [-0.25, -0.2) is 9.78 Å². The first-order valence-electron chi connectivity index (χ1n) is 18.7. The standard InChI is InChI=1S/C44H47N3O5S/c1-24-21-33-41-38(36(24)40(43(48)49)52-44(4,5)6)29-15-18-35-32(23-29)27(19-20-50-35)12-9-8-11-25(2)51-39-31(16-17-34-37(39)26(3)46-47(34)7)28-13-10-14-30(22-28)42(45-33)53-41/h10,13-18,21-23,25,27,40H,8-9,11-12,19-20H2,1-7H3,(H,48,49)/t25-,27?,40?/m0/s1. The lowest BCUT2D eigenvalue weighted by molar-refractivity contribution is -0.160. The second-order valence-corrected chi connectivity index (χ2v) is 16.7. The van der Waals surface area contributed by atoms with Gasteiger partial charge in [0.05, 0.1) is 45.1 Å². The van der Waals surface area contributed by atoms with Crippen LogP contribution < -0.4 is 9.47 Å². The molecule has 9 heteroatoms. The summed E-state index contributed by atoms with van der Waals surface area (Å²) in [7, 11) is 1.98. The number of ether oxygens (including phenoxy) is 3. The molecule has 1 N–H and O–H groups in total. The largest absolute Gasteiger partial charge is 0.493 e. The van der Waals surface area contributed by atoms with Crippen LogP contribution in [0.1, 0.15) is 94.2 Å². The van der Waals surface area contributed by atoms with E-state index in [0.717, 1.165) is 109 Å². The van der Waals surface area contributed by atoms with Gasteiger partial charge in [0.1, 0.15) is 16.5 Å². The first-order chi connectivity index (χ1) is 25.4. The van der Waals surface area contributed by atoms with E-state index in [1.807, 2.05) is 45.5 Å². The Morgan fingerprint density at radius 3 is 2.58 bits per heavy atom. The van der Waals surface area contributed by atoms with E-state index in [1.165, 1.54) is 5.56 Å². The zero-order valence-electron chi connectivity index (χ0n) is 31.6. The van der Waals surface area contributed by atoms with Crippen molar-refractivity contribution in [3.63, 3.8) is 0 Å². The molecule has 274 valence electrons. The Hall–Kier alpha value is -4.73. The van der Waals surface area contributed by atoms with Crippen molar-refractivity contribution in [3.05, 3.63) is 83.0 Å². The number of aromatic nitrogens is 3. The highest BCUT2D eigenvalue weighted by Crippen LogP contribution is 2.48. The van der Waals surface area contributed by atoms with E-state index in [9.17, 15) is 9.90 Å². The molecule has 2 unspecified atom stereocenters. The average molecular weight is 730 g/mol. The molecule has 0 radical (unpaired) electrons. The zero-order chi connectivity index (χ0) is 37.2. The van der Waals surface area contributed by atoms with E-state index in [4.69, 9.17) is 24.3 Å². The van der Waals surface area contributed by atoms with E-state index >= 15 is 0 Å². The van der Waals surface area contributed by atoms with Crippen LogP contribution in [0, 0.1) is 13.8 Å². The van der Waals surface area contributed by atoms with Crippen molar-refractivity contribution >= 4 is 38.4 Å². The number of thiazole rings is 1. The van der Waals surface area contributed by atoms with Crippen LogP contribution >= 0.6 is 11.3 Å². The lowest BCUT2D eigenvalue weighted by Gasteiger charge is -2.29. The number of hydrogen-bond donors (Lipinski definition) is 1. The number of aliphatic carboxylic acids is 1. The second kappa shape index (κ2) is 13.6. The van der Waals surface area contributed by atoms with Gasteiger partial charge in [-0.05, 0) is 132 Å². The first kappa shape index (κ1) is 35.3. The molecule has 4 aromatic carbocycles. The maximum absolute atomic E-state index is 13.1. The van der Waals surface area contributed by atoms with Crippen molar-refractivity contribution in [2.24, 2.45) is 7.05 Å². The van der Waals surface area contributed by atoms with Crippen molar-refractivity contribution < 1.29 is 24.1 Å². The van der Waals surface area contributed by atoms with Gasteiger partial charge in [0.2, 0.25) is 0 Å². The summed E-state index contributed by atoms with van der Waals surface area (Å²) in [5.41, 5.74) is 9.67.